The van der Waals surface area contributed by atoms with Crippen LogP contribution in [0.15, 0.2) is 28.7 Å². The van der Waals surface area contributed by atoms with Gasteiger partial charge in [0.25, 0.3) is 5.91 Å². The van der Waals surface area contributed by atoms with Crippen LogP contribution in [0.3, 0.4) is 0 Å². The molecule has 0 spiro atoms. The fourth-order valence-corrected chi connectivity index (χ4v) is 1.45. The molecule has 1 atom stereocenters. The molecule has 98 valence electrons. The van der Waals surface area contributed by atoms with Crippen molar-refractivity contribution in [2.24, 2.45) is 0 Å². The zero-order chi connectivity index (χ0) is 13.5. The van der Waals surface area contributed by atoms with E-state index in [2.05, 4.69) is 26.6 Å². The summed E-state index contributed by atoms with van der Waals surface area (Å²) in [4.78, 5) is 22.9. The van der Waals surface area contributed by atoms with E-state index in [0.717, 1.165) is 4.47 Å². The normalized spacial score (nSPS) is 11.7. The molecule has 1 aromatic carbocycles. The molecule has 0 saturated heterocycles. The van der Waals surface area contributed by atoms with Crippen molar-refractivity contribution in [3.63, 3.8) is 0 Å². The molecule has 5 nitrogen and oxygen atoms in total. The Morgan fingerprint density at radius 3 is 2.44 bits per heavy atom. The highest BCUT2D eigenvalue weighted by Gasteiger charge is 2.08. The second kappa shape index (κ2) is 7.13. The number of carbonyl (C=O) groups excluding carboxylic acids is 2. The SMILES string of the molecule is CC(O)CNC(=O)CNC(=O)c1ccc(Br)cc1. The lowest BCUT2D eigenvalue weighted by Gasteiger charge is -2.08. The van der Waals surface area contributed by atoms with E-state index in [0.29, 0.717) is 5.56 Å². The Hall–Kier alpha value is -1.40. The highest BCUT2D eigenvalue weighted by Crippen LogP contribution is 2.10. The van der Waals surface area contributed by atoms with E-state index < -0.39 is 6.10 Å². The number of aliphatic hydroxyl groups excluding tert-OH is 1. The lowest BCUT2D eigenvalue weighted by Crippen LogP contribution is -2.39. The first kappa shape index (κ1) is 14.7. The summed E-state index contributed by atoms with van der Waals surface area (Å²) in [6.45, 7) is 1.63. The van der Waals surface area contributed by atoms with Crippen LogP contribution in [-0.4, -0.2) is 36.1 Å². The van der Waals surface area contributed by atoms with E-state index >= 15 is 0 Å². The standard InChI is InChI=1S/C12H15BrN2O3/c1-8(16)6-14-11(17)7-15-12(18)9-2-4-10(13)5-3-9/h2-5,8,16H,6-7H2,1H3,(H,14,17)(H,15,18). The molecule has 1 unspecified atom stereocenters. The monoisotopic (exact) mass is 314 g/mol. The molecule has 1 rings (SSSR count). The first-order valence-electron chi connectivity index (χ1n) is 5.47. The maximum atomic E-state index is 11.6. The summed E-state index contributed by atoms with van der Waals surface area (Å²) in [5, 5.41) is 14.0. The molecule has 0 aromatic heterocycles. The Kier molecular flexibility index (Phi) is 5.80. The summed E-state index contributed by atoms with van der Waals surface area (Å²) in [5.41, 5.74) is 0.488. The van der Waals surface area contributed by atoms with Gasteiger partial charge in [-0.2, -0.15) is 0 Å². The average molecular weight is 315 g/mol. The summed E-state index contributed by atoms with van der Waals surface area (Å²) in [5.74, 6) is -0.643. The zero-order valence-electron chi connectivity index (χ0n) is 9.94. The van der Waals surface area contributed by atoms with Crippen molar-refractivity contribution >= 4 is 27.7 Å². The van der Waals surface area contributed by atoms with Gasteiger partial charge in [-0.15, -0.1) is 0 Å². The Morgan fingerprint density at radius 1 is 1.28 bits per heavy atom. The van der Waals surface area contributed by atoms with Crippen molar-refractivity contribution in [3.8, 4) is 0 Å². The van der Waals surface area contributed by atoms with Crippen LogP contribution in [0.25, 0.3) is 0 Å². The summed E-state index contributed by atoms with van der Waals surface area (Å²) in [6, 6.07) is 6.82. The number of hydrogen-bond donors (Lipinski definition) is 3. The molecule has 0 fully saturated rings. The van der Waals surface area contributed by atoms with E-state index in [9.17, 15) is 9.59 Å². The van der Waals surface area contributed by atoms with Gasteiger partial charge < -0.3 is 15.7 Å². The maximum Gasteiger partial charge on any atom is 0.251 e. The van der Waals surface area contributed by atoms with Crippen LogP contribution in [0.5, 0.6) is 0 Å². The van der Waals surface area contributed by atoms with Crippen LogP contribution in [0.2, 0.25) is 0 Å². The van der Waals surface area contributed by atoms with E-state index in [4.69, 9.17) is 5.11 Å². The maximum absolute atomic E-state index is 11.6. The predicted molar refractivity (Wildman–Crippen MR) is 71.2 cm³/mol. The van der Waals surface area contributed by atoms with Gasteiger partial charge in [0, 0.05) is 16.6 Å². The molecule has 0 aliphatic heterocycles. The molecule has 0 bridgehead atoms. The van der Waals surface area contributed by atoms with Gasteiger partial charge in [0.2, 0.25) is 5.91 Å². The quantitative estimate of drug-likeness (QED) is 0.747. The summed E-state index contributed by atoms with van der Waals surface area (Å²) >= 11 is 3.27. The molecule has 0 aliphatic carbocycles. The third-order valence-corrected chi connectivity index (χ3v) is 2.64. The Balaban J connectivity index is 2.37. The van der Waals surface area contributed by atoms with Gasteiger partial charge in [0.15, 0.2) is 0 Å². The van der Waals surface area contributed by atoms with Crippen molar-refractivity contribution < 1.29 is 14.7 Å². The van der Waals surface area contributed by atoms with Crippen LogP contribution in [0.4, 0.5) is 0 Å². The van der Waals surface area contributed by atoms with Crippen LogP contribution in [0, 0.1) is 0 Å². The molecule has 0 aliphatic rings. The van der Waals surface area contributed by atoms with Crippen LogP contribution in [-0.2, 0) is 4.79 Å². The Morgan fingerprint density at radius 2 is 1.89 bits per heavy atom. The highest BCUT2D eigenvalue weighted by molar-refractivity contribution is 9.10. The van der Waals surface area contributed by atoms with E-state index in [1.807, 2.05) is 0 Å². The minimum Gasteiger partial charge on any atom is -0.392 e. The molecule has 0 radical (unpaired) electrons. The third kappa shape index (κ3) is 5.29. The Bertz CT molecular complexity index is 418. The lowest BCUT2D eigenvalue weighted by molar-refractivity contribution is -0.120. The first-order valence-corrected chi connectivity index (χ1v) is 6.27. The second-order valence-electron chi connectivity index (χ2n) is 3.84. The van der Waals surface area contributed by atoms with Gasteiger partial charge in [-0.25, -0.2) is 0 Å². The van der Waals surface area contributed by atoms with Crippen LogP contribution in [0.1, 0.15) is 17.3 Å². The number of rotatable bonds is 5. The number of hydrogen-bond acceptors (Lipinski definition) is 3. The number of amides is 2. The van der Waals surface area contributed by atoms with Gasteiger partial charge in [-0.1, -0.05) is 15.9 Å². The second-order valence-corrected chi connectivity index (χ2v) is 4.76. The van der Waals surface area contributed by atoms with Gasteiger partial charge in [-0.05, 0) is 31.2 Å². The number of benzene rings is 1. The van der Waals surface area contributed by atoms with Crippen LogP contribution < -0.4 is 10.6 Å². The average Bonchev–Trinajstić information content (AvgIpc) is 2.34. The summed E-state index contributed by atoms with van der Waals surface area (Å²) in [6.07, 6.45) is -0.601. The summed E-state index contributed by atoms with van der Waals surface area (Å²) in [7, 11) is 0. The molecule has 3 N–H and O–H groups in total. The minimum absolute atomic E-state index is 0.110. The number of halogens is 1. The van der Waals surface area contributed by atoms with Crippen molar-refractivity contribution in [3.05, 3.63) is 34.3 Å². The highest BCUT2D eigenvalue weighted by atomic mass is 79.9. The van der Waals surface area contributed by atoms with E-state index in [-0.39, 0.29) is 24.9 Å². The fourth-order valence-electron chi connectivity index (χ4n) is 1.19. The van der Waals surface area contributed by atoms with Gasteiger partial charge >= 0.3 is 0 Å². The summed E-state index contributed by atoms with van der Waals surface area (Å²) < 4.78 is 0.883. The van der Waals surface area contributed by atoms with Gasteiger partial charge in [0.1, 0.15) is 0 Å². The molecule has 6 heteroatoms. The van der Waals surface area contributed by atoms with Crippen molar-refractivity contribution in [2.45, 2.75) is 13.0 Å². The number of nitrogens with one attached hydrogen (secondary N) is 2. The molecule has 18 heavy (non-hydrogen) atoms. The molecule has 1 aromatic rings. The predicted octanol–water partition coefficient (Wildman–Crippen LogP) is 0.676. The van der Waals surface area contributed by atoms with Crippen LogP contribution >= 0.6 is 15.9 Å². The Labute approximate surface area is 114 Å². The van der Waals surface area contributed by atoms with E-state index in [1.54, 1.807) is 31.2 Å². The molecule has 0 heterocycles. The topological polar surface area (TPSA) is 78.4 Å². The van der Waals surface area contributed by atoms with Gasteiger partial charge in [-0.3, -0.25) is 9.59 Å². The number of carbonyl (C=O) groups is 2. The van der Waals surface area contributed by atoms with Crippen molar-refractivity contribution in [1.82, 2.24) is 10.6 Å². The smallest absolute Gasteiger partial charge is 0.251 e. The van der Waals surface area contributed by atoms with Gasteiger partial charge in [0.05, 0.1) is 12.6 Å². The van der Waals surface area contributed by atoms with Crippen molar-refractivity contribution in [2.75, 3.05) is 13.1 Å². The third-order valence-electron chi connectivity index (χ3n) is 2.11. The number of aliphatic hydroxyl groups is 1. The molecular weight excluding hydrogens is 300 g/mol. The fraction of sp³-hybridized carbons (Fsp3) is 0.333. The molecular formula is C12H15BrN2O3. The first-order chi connectivity index (χ1) is 8.49. The molecule has 2 amide bonds. The van der Waals surface area contributed by atoms with Crippen molar-refractivity contribution in [1.29, 1.82) is 0 Å². The lowest BCUT2D eigenvalue weighted by atomic mass is 10.2. The zero-order valence-corrected chi connectivity index (χ0v) is 11.5. The van der Waals surface area contributed by atoms with E-state index in [1.165, 1.54) is 0 Å². The molecule has 0 saturated carbocycles. The largest absolute Gasteiger partial charge is 0.392 e. The minimum atomic E-state index is -0.601.